The summed E-state index contributed by atoms with van der Waals surface area (Å²) < 4.78 is 11.3. The molecule has 0 aliphatic heterocycles. The third kappa shape index (κ3) is 3.36. The summed E-state index contributed by atoms with van der Waals surface area (Å²) in [5.74, 6) is 1.66. The lowest BCUT2D eigenvalue weighted by Gasteiger charge is -2.10. The van der Waals surface area contributed by atoms with Crippen LogP contribution in [0.3, 0.4) is 0 Å². The van der Waals surface area contributed by atoms with Crippen molar-refractivity contribution in [2.75, 3.05) is 13.7 Å². The van der Waals surface area contributed by atoms with E-state index in [1.807, 2.05) is 49.4 Å². The number of pyridine rings is 1. The molecular weight excluding hydrogens is 334 g/mol. The van der Waals surface area contributed by atoms with E-state index < -0.39 is 0 Å². The smallest absolute Gasteiger partial charge is 0.145 e. The Morgan fingerprint density at radius 2 is 1.63 bits per heavy atom. The van der Waals surface area contributed by atoms with Crippen molar-refractivity contribution >= 4 is 33.8 Å². The summed E-state index contributed by atoms with van der Waals surface area (Å²) in [6.07, 6.45) is 4.10. The summed E-state index contributed by atoms with van der Waals surface area (Å²) in [5, 5.41) is 3.42. The maximum absolute atomic E-state index is 5.85. The topological polar surface area (TPSA) is 31.4 Å². The molecule has 134 valence electrons. The number of hydrogen-bond acceptors (Lipinski definition) is 3. The van der Waals surface area contributed by atoms with Crippen LogP contribution in [0.4, 0.5) is 0 Å². The molecule has 0 N–H and O–H groups in total. The largest absolute Gasteiger partial charge is 0.494 e. The highest BCUT2D eigenvalue weighted by molar-refractivity contribution is 5.95. The average molecular weight is 355 g/mol. The van der Waals surface area contributed by atoms with Crippen molar-refractivity contribution in [2.24, 2.45) is 0 Å². The van der Waals surface area contributed by atoms with Crippen molar-refractivity contribution < 1.29 is 9.47 Å². The fourth-order valence-electron chi connectivity index (χ4n) is 3.29. The van der Waals surface area contributed by atoms with Crippen LogP contribution in [0.2, 0.25) is 0 Å². The molecule has 3 nitrogen and oxygen atoms in total. The molecule has 1 aromatic heterocycles. The minimum Gasteiger partial charge on any atom is -0.494 e. The zero-order valence-corrected chi connectivity index (χ0v) is 15.5. The lowest BCUT2D eigenvalue weighted by atomic mass is 10.0. The normalized spacial score (nSPS) is 11.3. The van der Waals surface area contributed by atoms with Gasteiger partial charge in [0.25, 0.3) is 0 Å². The average Bonchev–Trinajstić information content (AvgIpc) is 2.72. The Bertz CT molecular complexity index is 1130. The van der Waals surface area contributed by atoms with Crippen LogP contribution in [0.15, 0.2) is 66.7 Å². The lowest BCUT2D eigenvalue weighted by Crippen LogP contribution is -1.94. The first-order valence-corrected chi connectivity index (χ1v) is 9.06. The second-order valence-corrected chi connectivity index (χ2v) is 6.23. The molecule has 0 fully saturated rings. The lowest BCUT2D eigenvalue weighted by molar-refractivity contribution is 0.340. The number of rotatable bonds is 5. The fraction of sp³-hybridized carbons (Fsp3) is 0.125. The standard InChI is InChI=1S/C24H21NO2/c1-3-27-22-16-12-17-7-4-5-9-20(17)21(22)15-14-19-13-11-18-8-6-10-23(26-2)24(18)25-19/h4-16H,3H2,1-2H3. The van der Waals surface area contributed by atoms with E-state index in [-0.39, 0.29) is 0 Å². The summed E-state index contributed by atoms with van der Waals surface area (Å²) >= 11 is 0. The number of ether oxygens (including phenoxy) is 2. The summed E-state index contributed by atoms with van der Waals surface area (Å²) in [6, 6.07) is 22.5. The van der Waals surface area contributed by atoms with Crippen LogP contribution in [0.1, 0.15) is 18.2 Å². The molecule has 0 bridgehead atoms. The molecule has 0 atom stereocenters. The molecular formula is C24H21NO2. The Morgan fingerprint density at radius 3 is 2.48 bits per heavy atom. The van der Waals surface area contributed by atoms with Crippen molar-refractivity contribution in [2.45, 2.75) is 6.92 Å². The molecule has 0 radical (unpaired) electrons. The fourth-order valence-corrected chi connectivity index (χ4v) is 3.29. The van der Waals surface area contributed by atoms with Gasteiger partial charge in [0, 0.05) is 10.9 Å². The van der Waals surface area contributed by atoms with E-state index in [1.54, 1.807) is 7.11 Å². The molecule has 27 heavy (non-hydrogen) atoms. The zero-order chi connectivity index (χ0) is 18.6. The van der Waals surface area contributed by atoms with E-state index in [1.165, 1.54) is 5.39 Å². The first-order valence-electron chi connectivity index (χ1n) is 9.06. The van der Waals surface area contributed by atoms with Crippen LogP contribution in [-0.4, -0.2) is 18.7 Å². The monoisotopic (exact) mass is 355 g/mol. The van der Waals surface area contributed by atoms with E-state index in [9.17, 15) is 0 Å². The maximum atomic E-state index is 5.85. The predicted molar refractivity (Wildman–Crippen MR) is 112 cm³/mol. The Labute approximate surface area is 158 Å². The van der Waals surface area contributed by atoms with E-state index in [2.05, 4.69) is 36.4 Å². The minimum atomic E-state index is 0.630. The van der Waals surface area contributed by atoms with Crippen molar-refractivity contribution in [1.82, 2.24) is 4.98 Å². The molecule has 3 heteroatoms. The molecule has 4 rings (SSSR count). The first-order chi connectivity index (χ1) is 13.3. The molecule has 3 aromatic carbocycles. The molecule has 0 saturated heterocycles. The van der Waals surface area contributed by atoms with Crippen LogP contribution >= 0.6 is 0 Å². The van der Waals surface area contributed by atoms with Gasteiger partial charge in [-0.25, -0.2) is 4.98 Å². The van der Waals surface area contributed by atoms with Gasteiger partial charge in [0.2, 0.25) is 0 Å². The van der Waals surface area contributed by atoms with E-state index in [0.29, 0.717) is 6.61 Å². The number of methoxy groups -OCH3 is 1. The van der Waals surface area contributed by atoms with Gasteiger partial charge in [-0.05, 0) is 48.0 Å². The van der Waals surface area contributed by atoms with E-state index >= 15 is 0 Å². The zero-order valence-electron chi connectivity index (χ0n) is 15.5. The van der Waals surface area contributed by atoms with Gasteiger partial charge in [-0.2, -0.15) is 0 Å². The van der Waals surface area contributed by atoms with Crippen LogP contribution in [0, 0.1) is 0 Å². The van der Waals surface area contributed by atoms with Crippen LogP contribution in [-0.2, 0) is 0 Å². The van der Waals surface area contributed by atoms with Crippen LogP contribution < -0.4 is 9.47 Å². The number of nitrogens with zero attached hydrogens (tertiary/aromatic N) is 1. The Balaban J connectivity index is 1.80. The number of para-hydroxylation sites is 1. The van der Waals surface area contributed by atoms with Gasteiger partial charge >= 0.3 is 0 Å². The van der Waals surface area contributed by atoms with E-state index in [0.717, 1.165) is 39.0 Å². The maximum Gasteiger partial charge on any atom is 0.145 e. The van der Waals surface area contributed by atoms with Crippen LogP contribution in [0.5, 0.6) is 11.5 Å². The van der Waals surface area contributed by atoms with Gasteiger partial charge in [-0.15, -0.1) is 0 Å². The quantitative estimate of drug-likeness (QED) is 0.442. The van der Waals surface area contributed by atoms with Gasteiger partial charge in [0.15, 0.2) is 0 Å². The van der Waals surface area contributed by atoms with Gasteiger partial charge in [-0.1, -0.05) is 48.5 Å². The van der Waals surface area contributed by atoms with E-state index in [4.69, 9.17) is 14.5 Å². The molecule has 0 spiro atoms. The Kier molecular flexibility index (Phi) is 4.75. The first kappa shape index (κ1) is 17.1. The van der Waals surface area contributed by atoms with Gasteiger partial charge in [0.05, 0.1) is 19.4 Å². The number of aromatic nitrogens is 1. The summed E-state index contributed by atoms with van der Waals surface area (Å²) in [6.45, 7) is 2.63. The highest BCUT2D eigenvalue weighted by atomic mass is 16.5. The van der Waals surface area contributed by atoms with Crippen molar-refractivity contribution in [3.8, 4) is 11.5 Å². The highest BCUT2D eigenvalue weighted by Gasteiger charge is 2.07. The summed E-state index contributed by atoms with van der Waals surface area (Å²) in [5.41, 5.74) is 2.81. The molecule has 0 aliphatic rings. The number of benzene rings is 3. The SMILES string of the molecule is CCOc1ccc2ccccc2c1C=Cc1ccc2cccc(OC)c2n1. The predicted octanol–water partition coefficient (Wildman–Crippen LogP) is 5.97. The highest BCUT2D eigenvalue weighted by Crippen LogP contribution is 2.30. The second kappa shape index (κ2) is 7.50. The summed E-state index contributed by atoms with van der Waals surface area (Å²) in [7, 11) is 1.67. The van der Waals surface area contributed by atoms with Crippen molar-refractivity contribution in [3.63, 3.8) is 0 Å². The Hall–Kier alpha value is -3.33. The number of hydrogen-bond donors (Lipinski definition) is 0. The molecule has 0 aliphatic carbocycles. The molecule has 1 heterocycles. The second-order valence-electron chi connectivity index (χ2n) is 6.23. The molecule has 4 aromatic rings. The Morgan fingerprint density at radius 1 is 0.815 bits per heavy atom. The molecule has 0 amide bonds. The van der Waals surface area contributed by atoms with Crippen molar-refractivity contribution in [1.29, 1.82) is 0 Å². The third-order valence-corrected chi connectivity index (χ3v) is 4.58. The van der Waals surface area contributed by atoms with Gasteiger partial charge in [-0.3, -0.25) is 0 Å². The third-order valence-electron chi connectivity index (χ3n) is 4.58. The summed E-state index contributed by atoms with van der Waals surface area (Å²) in [4.78, 5) is 4.76. The molecule has 0 unspecified atom stereocenters. The van der Waals surface area contributed by atoms with Gasteiger partial charge in [0.1, 0.15) is 17.0 Å². The molecule has 0 saturated carbocycles. The van der Waals surface area contributed by atoms with Crippen molar-refractivity contribution in [3.05, 3.63) is 78.0 Å². The van der Waals surface area contributed by atoms with Gasteiger partial charge < -0.3 is 9.47 Å². The number of fused-ring (bicyclic) bond motifs is 2. The van der Waals surface area contributed by atoms with Crippen LogP contribution in [0.25, 0.3) is 33.8 Å². The minimum absolute atomic E-state index is 0.630.